The summed E-state index contributed by atoms with van der Waals surface area (Å²) in [6.45, 7) is 3.84. The topological polar surface area (TPSA) is 83.5 Å². The minimum Gasteiger partial charge on any atom is -0.480 e. The Hall–Kier alpha value is -1.69. The molecule has 0 aliphatic heterocycles. The Morgan fingerprint density at radius 1 is 1.17 bits per heavy atom. The van der Waals surface area contributed by atoms with Crippen molar-refractivity contribution >= 4 is 29.0 Å². The van der Waals surface area contributed by atoms with Crippen molar-refractivity contribution in [3.8, 4) is 0 Å². The molecule has 1 aliphatic carbocycles. The molecule has 0 aromatic carbocycles. The van der Waals surface area contributed by atoms with Crippen LogP contribution in [0.2, 0.25) is 0 Å². The number of carboxylic acids is 1. The Morgan fingerprint density at radius 2 is 1.83 bits per heavy atom. The third-order valence-electron chi connectivity index (χ3n) is 4.42. The molecule has 1 aromatic heterocycles. The van der Waals surface area contributed by atoms with E-state index in [-0.39, 0.29) is 24.5 Å². The molecule has 0 spiro atoms. The Morgan fingerprint density at radius 3 is 2.35 bits per heavy atom. The maximum atomic E-state index is 12.2. The second-order valence-corrected chi connectivity index (χ2v) is 7.71. The van der Waals surface area contributed by atoms with Gasteiger partial charge in [-0.15, -0.1) is 11.3 Å². The zero-order valence-corrected chi connectivity index (χ0v) is 14.4. The summed E-state index contributed by atoms with van der Waals surface area (Å²) in [4.78, 5) is 37.9. The van der Waals surface area contributed by atoms with Gasteiger partial charge in [-0.3, -0.25) is 9.59 Å². The molecule has 1 amide bonds. The van der Waals surface area contributed by atoms with Crippen LogP contribution in [0.25, 0.3) is 0 Å². The average Bonchev–Trinajstić information content (AvgIpc) is 2.84. The summed E-state index contributed by atoms with van der Waals surface area (Å²) in [5.74, 6) is -1.39. The van der Waals surface area contributed by atoms with Crippen molar-refractivity contribution in [2.45, 2.75) is 64.3 Å². The van der Waals surface area contributed by atoms with Crippen LogP contribution in [-0.4, -0.2) is 28.3 Å². The fraction of sp³-hybridized carbons (Fsp3) is 0.588. The van der Waals surface area contributed by atoms with Gasteiger partial charge in [-0.25, -0.2) is 4.79 Å². The molecule has 0 radical (unpaired) electrons. The molecule has 1 fully saturated rings. The van der Waals surface area contributed by atoms with Crippen molar-refractivity contribution in [1.29, 1.82) is 0 Å². The van der Waals surface area contributed by atoms with Crippen LogP contribution in [-0.2, 0) is 9.59 Å². The smallest absolute Gasteiger partial charge is 0.329 e. The third kappa shape index (κ3) is 4.19. The molecule has 5 nitrogen and oxygen atoms in total. The lowest BCUT2D eigenvalue weighted by Gasteiger charge is -2.34. The number of aryl methyl sites for hydroxylation is 2. The molecular formula is C17H23NO4S. The van der Waals surface area contributed by atoms with E-state index < -0.39 is 11.5 Å². The van der Waals surface area contributed by atoms with Crippen LogP contribution in [0, 0.1) is 13.8 Å². The molecule has 23 heavy (non-hydrogen) atoms. The van der Waals surface area contributed by atoms with E-state index in [2.05, 4.69) is 5.32 Å². The average molecular weight is 337 g/mol. The van der Waals surface area contributed by atoms with E-state index >= 15 is 0 Å². The molecule has 1 aliphatic rings. The number of aliphatic carboxylic acids is 1. The Kier molecular flexibility index (Phi) is 5.57. The summed E-state index contributed by atoms with van der Waals surface area (Å²) in [5.41, 5.74) is -0.473. The Balaban J connectivity index is 1.92. The number of carboxylic acid groups (broad SMARTS) is 1. The van der Waals surface area contributed by atoms with Crippen molar-refractivity contribution in [3.05, 3.63) is 21.4 Å². The van der Waals surface area contributed by atoms with Gasteiger partial charge in [-0.2, -0.15) is 0 Å². The number of thiophene rings is 1. The predicted molar refractivity (Wildman–Crippen MR) is 89.0 cm³/mol. The highest BCUT2D eigenvalue weighted by atomic mass is 32.1. The molecule has 1 aromatic rings. The van der Waals surface area contributed by atoms with Gasteiger partial charge in [-0.1, -0.05) is 19.3 Å². The highest BCUT2D eigenvalue weighted by Crippen LogP contribution is 2.29. The molecule has 0 unspecified atom stereocenters. The van der Waals surface area contributed by atoms with E-state index in [0.29, 0.717) is 18.4 Å². The number of Topliss-reactive ketones (excluding diaryl/α,β-unsaturated/α-hetero) is 1. The summed E-state index contributed by atoms with van der Waals surface area (Å²) < 4.78 is 0. The molecule has 1 saturated carbocycles. The fourth-order valence-electron chi connectivity index (χ4n) is 3.15. The predicted octanol–water partition coefficient (Wildman–Crippen LogP) is 3.23. The number of rotatable bonds is 6. The Labute approximate surface area is 140 Å². The van der Waals surface area contributed by atoms with Crippen LogP contribution < -0.4 is 5.32 Å². The van der Waals surface area contributed by atoms with E-state index in [0.717, 1.165) is 29.0 Å². The van der Waals surface area contributed by atoms with Crippen molar-refractivity contribution in [2.24, 2.45) is 0 Å². The zero-order chi connectivity index (χ0) is 17.0. The van der Waals surface area contributed by atoms with Crippen LogP contribution in [0.3, 0.4) is 0 Å². The largest absolute Gasteiger partial charge is 0.480 e. The Bertz CT molecular complexity index is 614. The van der Waals surface area contributed by atoms with Crippen molar-refractivity contribution in [1.82, 2.24) is 5.32 Å². The lowest BCUT2D eigenvalue weighted by molar-refractivity contribution is -0.149. The zero-order valence-electron chi connectivity index (χ0n) is 13.6. The van der Waals surface area contributed by atoms with Crippen molar-refractivity contribution in [3.63, 3.8) is 0 Å². The summed E-state index contributed by atoms with van der Waals surface area (Å²) in [6, 6.07) is 1.85. The number of hydrogen-bond donors (Lipinski definition) is 2. The molecular weight excluding hydrogens is 314 g/mol. The molecule has 1 heterocycles. The van der Waals surface area contributed by atoms with Gasteiger partial charge >= 0.3 is 5.97 Å². The van der Waals surface area contributed by atoms with Crippen LogP contribution >= 0.6 is 11.3 Å². The first-order valence-corrected chi connectivity index (χ1v) is 8.80. The summed E-state index contributed by atoms with van der Waals surface area (Å²) in [6.07, 6.45) is 3.67. The van der Waals surface area contributed by atoms with Gasteiger partial charge in [0.25, 0.3) is 0 Å². The van der Waals surface area contributed by atoms with E-state index in [4.69, 9.17) is 0 Å². The first-order valence-electron chi connectivity index (χ1n) is 7.99. The van der Waals surface area contributed by atoms with Gasteiger partial charge in [0.15, 0.2) is 5.78 Å². The minimum atomic E-state index is -1.15. The number of hydrogen-bond acceptors (Lipinski definition) is 4. The number of nitrogens with one attached hydrogen (secondary N) is 1. The second-order valence-electron chi connectivity index (χ2n) is 6.25. The van der Waals surface area contributed by atoms with Crippen molar-refractivity contribution in [2.75, 3.05) is 0 Å². The molecule has 0 atom stereocenters. The quantitative estimate of drug-likeness (QED) is 0.781. The molecule has 0 bridgehead atoms. The molecule has 126 valence electrons. The van der Waals surface area contributed by atoms with Gasteiger partial charge < -0.3 is 10.4 Å². The first-order chi connectivity index (χ1) is 10.8. The van der Waals surface area contributed by atoms with E-state index in [1.165, 1.54) is 0 Å². The lowest BCUT2D eigenvalue weighted by atomic mass is 9.81. The van der Waals surface area contributed by atoms with Gasteiger partial charge in [0, 0.05) is 28.2 Å². The van der Waals surface area contributed by atoms with Gasteiger partial charge in [0.2, 0.25) is 5.91 Å². The van der Waals surface area contributed by atoms with Crippen molar-refractivity contribution < 1.29 is 19.5 Å². The van der Waals surface area contributed by atoms with Gasteiger partial charge in [0.05, 0.1) is 0 Å². The number of carbonyl (C=O) groups is 3. The first kappa shape index (κ1) is 17.7. The maximum Gasteiger partial charge on any atom is 0.329 e. The number of ketones is 1. The van der Waals surface area contributed by atoms with Crippen LogP contribution in [0.5, 0.6) is 0 Å². The number of amides is 1. The van der Waals surface area contributed by atoms with E-state index in [1.54, 1.807) is 11.3 Å². The highest BCUT2D eigenvalue weighted by molar-refractivity contribution is 7.12. The highest BCUT2D eigenvalue weighted by Gasteiger charge is 2.40. The lowest BCUT2D eigenvalue weighted by Crippen LogP contribution is -2.55. The molecule has 2 rings (SSSR count). The SMILES string of the molecule is Cc1cc(C(=O)CCC(=O)NC2(C(=O)O)CCCCC2)c(C)s1. The maximum absolute atomic E-state index is 12.2. The monoisotopic (exact) mass is 337 g/mol. The normalized spacial score (nSPS) is 16.8. The van der Waals surface area contributed by atoms with Crippen LogP contribution in [0.15, 0.2) is 6.07 Å². The third-order valence-corrected chi connectivity index (χ3v) is 5.38. The van der Waals surface area contributed by atoms with Gasteiger partial charge in [0.1, 0.15) is 5.54 Å². The summed E-state index contributed by atoms with van der Waals surface area (Å²) in [7, 11) is 0. The fourth-order valence-corrected chi connectivity index (χ4v) is 4.09. The molecule has 2 N–H and O–H groups in total. The molecule has 6 heteroatoms. The minimum absolute atomic E-state index is 0.0300. The number of carbonyl (C=O) groups excluding carboxylic acids is 2. The molecule has 0 saturated heterocycles. The summed E-state index contributed by atoms with van der Waals surface area (Å²) >= 11 is 1.56. The standard InChI is InChI=1S/C17H23NO4S/c1-11-10-13(12(2)23-11)14(19)6-7-15(20)18-17(16(21)22)8-4-3-5-9-17/h10H,3-9H2,1-2H3,(H,18,20)(H,21,22). The van der Waals surface area contributed by atoms with E-state index in [1.807, 2.05) is 19.9 Å². The summed E-state index contributed by atoms with van der Waals surface area (Å²) in [5, 5.41) is 12.1. The van der Waals surface area contributed by atoms with Crippen LogP contribution in [0.1, 0.15) is 65.1 Å². The van der Waals surface area contributed by atoms with E-state index in [9.17, 15) is 19.5 Å². The van der Waals surface area contributed by atoms with Crippen LogP contribution in [0.4, 0.5) is 0 Å². The van der Waals surface area contributed by atoms with Gasteiger partial charge in [-0.05, 0) is 32.8 Å². The second kappa shape index (κ2) is 7.25.